The number of rotatable bonds is 3. The normalized spacial score (nSPS) is 18.9. The highest BCUT2D eigenvalue weighted by atomic mass is 32.1. The van der Waals surface area contributed by atoms with Crippen LogP contribution in [0.1, 0.15) is 22.0 Å². The first kappa shape index (κ1) is 17.2. The third-order valence-corrected chi connectivity index (χ3v) is 5.51. The average Bonchev–Trinajstić information content (AvgIpc) is 3.30. The standard InChI is InChI=1S/C21H16N2O3S/c1-13-5-2-3-6-15(13)23-18(16-7-4-12-27-16)17(20(25)21(23)26)19(24)14-8-10-22-11-9-14/h2-12,18,24H,1H3/b19-17-. The van der Waals surface area contributed by atoms with Gasteiger partial charge in [-0.1, -0.05) is 24.3 Å². The van der Waals surface area contributed by atoms with Gasteiger partial charge in [0.05, 0.1) is 5.57 Å². The summed E-state index contributed by atoms with van der Waals surface area (Å²) in [7, 11) is 0. The third kappa shape index (κ3) is 2.84. The molecule has 1 amide bonds. The molecule has 3 aromatic rings. The maximum atomic E-state index is 12.9. The molecule has 1 atom stereocenters. The highest BCUT2D eigenvalue weighted by Gasteiger charge is 2.47. The number of aliphatic hydroxyl groups is 1. The average molecular weight is 376 g/mol. The Kier molecular flexibility index (Phi) is 4.33. The lowest BCUT2D eigenvalue weighted by atomic mass is 10.00. The Balaban J connectivity index is 1.96. The topological polar surface area (TPSA) is 70.5 Å². The Labute approximate surface area is 160 Å². The molecule has 134 valence electrons. The molecule has 1 N–H and O–H groups in total. The number of pyridine rings is 1. The van der Waals surface area contributed by atoms with Crippen LogP contribution in [0.3, 0.4) is 0 Å². The van der Waals surface area contributed by atoms with Crippen molar-refractivity contribution in [2.75, 3.05) is 4.90 Å². The largest absolute Gasteiger partial charge is 0.507 e. The van der Waals surface area contributed by atoms with E-state index in [1.807, 2.05) is 48.7 Å². The number of Topliss-reactive ketones (excluding diaryl/α,β-unsaturated/α-hetero) is 1. The van der Waals surface area contributed by atoms with Crippen LogP contribution in [-0.4, -0.2) is 21.8 Å². The number of aliphatic hydroxyl groups excluding tert-OH is 1. The van der Waals surface area contributed by atoms with Crippen LogP contribution in [0.5, 0.6) is 0 Å². The molecule has 1 aliphatic heterocycles. The number of thiophene rings is 1. The van der Waals surface area contributed by atoms with Gasteiger partial charge in [-0.25, -0.2) is 0 Å². The number of hydrogen-bond donors (Lipinski definition) is 1. The minimum Gasteiger partial charge on any atom is -0.507 e. The number of nitrogens with zero attached hydrogens (tertiary/aromatic N) is 2. The summed E-state index contributed by atoms with van der Waals surface area (Å²) in [6, 6.07) is 13.7. The van der Waals surface area contributed by atoms with E-state index in [0.717, 1.165) is 10.4 Å². The Morgan fingerprint density at radius 2 is 1.81 bits per heavy atom. The summed E-state index contributed by atoms with van der Waals surface area (Å²) in [5.41, 5.74) is 2.09. The molecule has 0 spiro atoms. The molecule has 2 aromatic heterocycles. The molecule has 4 rings (SSSR count). The monoisotopic (exact) mass is 376 g/mol. The van der Waals surface area contributed by atoms with E-state index in [2.05, 4.69) is 4.98 Å². The van der Waals surface area contributed by atoms with Crippen LogP contribution in [0, 0.1) is 6.92 Å². The van der Waals surface area contributed by atoms with E-state index in [4.69, 9.17) is 0 Å². The van der Waals surface area contributed by atoms with E-state index in [9.17, 15) is 14.7 Å². The molecule has 0 bridgehead atoms. The second-order valence-corrected chi connectivity index (χ2v) is 7.19. The van der Waals surface area contributed by atoms with Crippen molar-refractivity contribution in [1.82, 2.24) is 4.98 Å². The van der Waals surface area contributed by atoms with Gasteiger partial charge in [0.25, 0.3) is 11.7 Å². The summed E-state index contributed by atoms with van der Waals surface area (Å²) < 4.78 is 0. The molecule has 1 saturated heterocycles. The molecule has 0 aliphatic carbocycles. The first-order valence-electron chi connectivity index (χ1n) is 8.40. The zero-order valence-corrected chi connectivity index (χ0v) is 15.3. The molecule has 1 aromatic carbocycles. The molecule has 0 radical (unpaired) electrons. The highest BCUT2D eigenvalue weighted by Crippen LogP contribution is 2.44. The zero-order valence-electron chi connectivity index (χ0n) is 14.5. The number of hydrogen-bond acceptors (Lipinski definition) is 5. The zero-order chi connectivity index (χ0) is 19.0. The highest BCUT2D eigenvalue weighted by molar-refractivity contribution is 7.10. The lowest BCUT2D eigenvalue weighted by Gasteiger charge is -2.25. The number of carbonyl (C=O) groups is 2. The molecule has 1 fully saturated rings. The fourth-order valence-corrected chi connectivity index (χ4v) is 4.12. The van der Waals surface area contributed by atoms with Gasteiger partial charge in [0.15, 0.2) is 0 Å². The first-order valence-corrected chi connectivity index (χ1v) is 9.28. The Bertz CT molecular complexity index is 1040. The lowest BCUT2D eigenvalue weighted by Crippen LogP contribution is -2.29. The summed E-state index contributed by atoms with van der Waals surface area (Å²) in [6.07, 6.45) is 3.07. The van der Waals surface area contributed by atoms with Crippen molar-refractivity contribution in [3.63, 3.8) is 0 Å². The fourth-order valence-electron chi connectivity index (χ4n) is 3.30. The minimum absolute atomic E-state index is 0.0944. The van der Waals surface area contributed by atoms with Gasteiger partial charge in [-0.3, -0.25) is 19.5 Å². The van der Waals surface area contributed by atoms with E-state index in [1.54, 1.807) is 12.1 Å². The summed E-state index contributed by atoms with van der Waals surface area (Å²) in [6.45, 7) is 1.89. The predicted octanol–water partition coefficient (Wildman–Crippen LogP) is 4.08. The van der Waals surface area contributed by atoms with Crippen LogP contribution >= 0.6 is 11.3 Å². The van der Waals surface area contributed by atoms with E-state index in [0.29, 0.717) is 11.3 Å². The molecular weight excluding hydrogens is 360 g/mol. The second kappa shape index (κ2) is 6.81. The Morgan fingerprint density at radius 3 is 2.48 bits per heavy atom. The van der Waals surface area contributed by atoms with Gasteiger partial charge in [-0.15, -0.1) is 11.3 Å². The number of carbonyl (C=O) groups excluding carboxylic acids is 2. The van der Waals surface area contributed by atoms with Crippen LogP contribution in [0.4, 0.5) is 5.69 Å². The first-order chi connectivity index (χ1) is 13.1. The number of ketones is 1. The van der Waals surface area contributed by atoms with Crippen molar-refractivity contribution in [3.8, 4) is 0 Å². The number of aryl methyl sites for hydroxylation is 1. The Hall–Kier alpha value is -3.25. The molecule has 6 heteroatoms. The molecule has 0 saturated carbocycles. The molecule has 1 unspecified atom stereocenters. The number of anilines is 1. The van der Waals surface area contributed by atoms with Crippen LogP contribution in [0.15, 0.2) is 71.9 Å². The van der Waals surface area contributed by atoms with E-state index in [1.165, 1.54) is 28.6 Å². The fraction of sp³-hybridized carbons (Fsp3) is 0.0952. The van der Waals surface area contributed by atoms with Crippen LogP contribution < -0.4 is 4.90 Å². The summed E-state index contributed by atoms with van der Waals surface area (Å²) in [5, 5.41) is 12.8. The maximum Gasteiger partial charge on any atom is 0.300 e. The van der Waals surface area contributed by atoms with Crippen LogP contribution in [0.2, 0.25) is 0 Å². The predicted molar refractivity (Wildman–Crippen MR) is 105 cm³/mol. The van der Waals surface area contributed by atoms with Crippen molar-refractivity contribution >= 4 is 34.5 Å². The lowest BCUT2D eigenvalue weighted by molar-refractivity contribution is -0.132. The van der Waals surface area contributed by atoms with Gasteiger partial charge in [0, 0.05) is 28.5 Å². The number of amides is 1. The van der Waals surface area contributed by atoms with Crippen LogP contribution in [0.25, 0.3) is 5.76 Å². The van der Waals surface area contributed by atoms with E-state index >= 15 is 0 Å². The van der Waals surface area contributed by atoms with E-state index in [-0.39, 0.29) is 11.3 Å². The maximum absolute atomic E-state index is 12.9. The summed E-state index contributed by atoms with van der Waals surface area (Å²) in [5.74, 6) is -1.52. The van der Waals surface area contributed by atoms with Gasteiger partial charge < -0.3 is 5.11 Å². The third-order valence-electron chi connectivity index (χ3n) is 4.59. The van der Waals surface area contributed by atoms with Crippen LogP contribution in [-0.2, 0) is 9.59 Å². The molecule has 1 aliphatic rings. The second-order valence-electron chi connectivity index (χ2n) is 6.21. The van der Waals surface area contributed by atoms with E-state index < -0.39 is 17.7 Å². The summed E-state index contributed by atoms with van der Waals surface area (Å²) >= 11 is 1.44. The molecule has 3 heterocycles. The Morgan fingerprint density at radius 1 is 1.07 bits per heavy atom. The summed E-state index contributed by atoms with van der Waals surface area (Å²) in [4.78, 5) is 32.1. The number of aromatic nitrogens is 1. The SMILES string of the molecule is Cc1ccccc1N1C(=O)C(=O)/C(=C(\O)c2ccncc2)C1c1cccs1. The smallest absolute Gasteiger partial charge is 0.300 e. The van der Waals surface area contributed by atoms with Gasteiger partial charge in [-0.05, 0) is 42.1 Å². The number of para-hydroxylation sites is 1. The van der Waals surface area contributed by atoms with Crippen molar-refractivity contribution in [2.45, 2.75) is 13.0 Å². The number of benzene rings is 1. The molecular formula is C21H16N2O3S. The van der Waals surface area contributed by atoms with Crippen molar-refractivity contribution in [2.24, 2.45) is 0 Å². The minimum atomic E-state index is -0.689. The quantitative estimate of drug-likeness (QED) is 0.425. The van der Waals surface area contributed by atoms with Crippen molar-refractivity contribution in [3.05, 3.63) is 87.9 Å². The molecule has 5 nitrogen and oxygen atoms in total. The van der Waals surface area contributed by atoms with Gasteiger partial charge in [-0.2, -0.15) is 0 Å². The van der Waals surface area contributed by atoms with Crippen molar-refractivity contribution in [1.29, 1.82) is 0 Å². The molecule has 27 heavy (non-hydrogen) atoms. The van der Waals surface area contributed by atoms with Gasteiger partial charge >= 0.3 is 0 Å². The van der Waals surface area contributed by atoms with Gasteiger partial charge in [0.1, 0.15) is 11.8 Å². The van der Waals surface area contributed by atoms with Crippen molar-refractivity contribution < 1.29 is 14.7 Å². The van der Waals surface area contributed by atoms with Gasteiger partial charge in [0.2, 0.25) is 0 Å².